The zero-order chi connectivity index (χ0) is 13.5. The van der Waals surface area contributed by atoms with Crippen LogP contribution in [0.15, 0.2) is 48.8 Å². The zero-order valence-electron chi connectivity index (χ0n) is 11.1. The van der Waals surface area contributed by atoms with E-state index in [1.165, 1.54) is 0 Å². The number of hydrogen-bond donors (Lipinski definition) is 1. The van der Waals surface area contributed by atoms with Crippen molar-refractivity contribution in [3.8, 4) is 5.75 Å². The van der Waals surface area contributed by atoms with E-state index in [-0.39, 0.29) is 0 Å². The Morgan fingerprint density at radius 2 is 1.68 bits per heavy atom. The van der Waals surface area contributed by atoms with Crippen LogP contribution in [-0.4, -0.2) is 25.2 Å². The monoisotopic (exact) mass is 257 g/mol. The Morgan fingerprint density at radius 3 is 2.26 bits per heavy atom. The van der Waals surface area contributed by atoms with E-state index in [1.54, 1.807) is 19.5 Å². The summed E-state index contributed by atoms with van der Waals surface area (Å²) in [5.41, 5.74) is 7.86. The second kappa shape index (κ2) is 6.75. The first-order chi connectivity index (χ1) is 9.35. The summed E-state index contributed by atoms with van der Waals surface area (Å²) in [6, 6.07) is 12.0. The molecule has 19 heavy (non-hydrogen) atoms. The fraction of sp³-hybridized carbons (Fsp3) is 0.267. The van der Waals surface area contributed by atoms with Crippen LogP contribution >= 0.6 is 0 Å². The number of rotatable bonds is 6. The molecule has 2 rings (SSSR count). The van der Waals surface area contributed by atoms with Crippen LogP contribution in [0, 0.1) is 0 Å². The van der Waals surface area contributed by atoms with Crippen molar-refractivity contribution in [1.82, 2.24) is 4.98 Å². The third kappa shape index (κ3) is 3.45. The van der Waals surface area contributed by atoms with Gasteiger partial charge < -0.3 is 15.4 Å². The van der Waals surface area contributed by atoms with Crippen LogP contribution in [0.5, 0.6) is 5.75 Å². The Kier molecular flexibility index (Phi) is 4.75. The van der Waals surface area contributed by atoms with Crippen LogP contribution < -0.4 is 15.4 Å². The molecule has 100 valence electrons. The predicted octanol–water partition coefficient (Wildman–Crippen LogP) is 2.58. The molecule has 0 unspecified atom stereocenters. The van der Waals surface area contributed by atoms with Gasteiger partial charge in [-0.25, -0.2) is 0 Å². The van der Waals surface area contributed by atoms with Gasteiger partial charge in [0.15, 0.2) is 0 Å². The highest BCUT2D eigenvalue weighted by Crippen LogP contribution is 2.26. The molecule has 1 heterocycles. The maximum absolute atomic E-state index is 5.62. The van der Waals surface area contributed by atoms with Gasteiger partial charge in [-0.15, -0.1) is 0 Å². The average Bonchev–Trinajstić information content (AvgIpc) is 2.49. The largest absolute Gasteiger partial charge is 0.497 e. The molecule has 0 saturated heterocycles. The molecule has 0 amide bonds. The molecule has 4 heteroatoms. The number of nitrogens with zero attached hydrogens (tertiary/aromatic N) is 2. The summed E-state index contributed by atoms with van der Waals surface area (Å²) < 4.78 is 5.19. The third-order valence-electron chi connectivity index (χ3n) is 2.94. The second-order valence-corrected chi connectivity index (χ2v) is 4.20. The van der Waals surface area contributed by atoms with Gasteiger partial charge in [0.2, 0.25) is 0 Å². The summed E-state index contributed by atoms with van der Waals surface area (Å²) in [5, 5.41) is 0. The minimum Gasteiger partial charge on any atom is -0.497 e. The highest BCUT2D eigenvalue weighted by molar-refractivity contribution is 5.63. The molecule has 0 bridgehead atoms. The van der Waals surface area contributed by atoms with Crippen molar-refractivity contribution in [2.24, 2.45) is 5.73 Å². The van der Waals surface area contributed by atoms with Gasteiger partial charge in [-0.2, -0.15) is 0 Å². The average molecular weight is 257 g/mol. The smallest absolute Gasteiger partial charge is 0.119 e. The highest BCUT2D eigenvalue weighted by atomic mass is 16.5. The van der Waals surface area contributed by atoms with E-state index in [1.807, 2.05) is 24.3 Å². The van der Waals surface area contributed by atoms with Crippen LogP contribution in [0.25, 0.3) is 0 Å². The van der Waals surface area contributed by atoms with Gasteiger partial charge in [0.25, 0.3) is 0 Å². The van der Waals surface area contributed by atoms with E-state index in [9.17, 15) is 0 Å². The Morgan fingerprint density at radius 1 is 1.05 bits per heavy atom. The molecule has 1 aromatic heterocycles. The van der Waals surface area contributed by atoms with Crippen molar-refractivity contribution in [2.45, 2.75) is 6.42 Å². The number of aromatic nitrogens is 1. The summed E-state index contributed by atoms with van der Waals surface area (Å²) in [4.78, 5) is 6.29. The lowest BCUT2D eigenvalue weighted by molar-refractivity contribution is 0.415. The van der Waals surface area contributed by atoms with Gasteiger partial charge in [-0.3, -0.25) is 4.98 Å². The molecule has 4 nitrogen and oxygen atoms in total. The topological polar surface area (TPSA) is 51.4 Å². The van der Waals surface area contributed by atoms with E-state index in [2.05, 4.69) is 22.0 Å². The van der Waals surface area contributed by atoms with Gasteiger partial charge >= 0.3 is 0 Å². The van der Waals surface area contributed by atoms with Crippen LogP contribution in [0.3, 0.4) is 0 Å². The Hall–Kier alpha value is -2.07. The summed E-state index contributed by atoms with van der Waals surface area (Å²) in [7, 11) is 1.67. The van der Waals surface area contributed by atoms with Crippen molar-refractivity contribution in [3.63, 3.8) is 0 Å². The molecular weight excluding hydrogens is 238 g/mol. The molecule has 0 fully saturated rings. The summed E-state index contributed by atoms with van der Waals surface area (Å²) in [5.74, 6) is 0.859. The lowest BCUT2D eigenvalue weighted by atomic mass is 10.2. The molecular formula is C15H19N3O. The molecule has 1 aromatic carbocycles. The van der Waals surface area contributed by atoms with E-state index >= 15 is 0 Å². The summed E-state index contributed by atoms with van der Waals surface area (Å²) in [6.45, 7) is 1.56. The van der Waals surface area contributed by atoms with Crippen LogP contribution in [-0.2, 0) is 0 Å². The number of ether oxygens (including phenoxy) is 1. The first-order valence-corrected chi connectivity index (χ1v) is 6.37. The molecule has 0 radical (unpaired) electrons. The molecule has 0 saturated carbocycles. The number of anilines is 2. The van der Waals surface area contributed by atoms with E-state index < -0.39 is 0 Å². The number of hydrogen-bond acceptors (Lipinski definition) is 4. The van der Waals surface area contributed by atoms with Crippen molar-refractivity contribution in [1.29, 1.82) is 0 Å². The molecule has 0 spiro atoms. The highest BCUT2D eigenvalue weighted by Gasteiger charge is 2.08. The van der Waals surface area contributed by atoms with Gasteiger partial charge in [0.1, 0.15) is 5.75 Å². The fourth-order valence-corrected chi connectivity index (χ4v) is 1.94. The maximum atomic E-state index is 5.62. The SMILES string of the molecule is COc1ccc(N(CCCN)c2ccncc2)cc1. The molecule has 0 aliphatic rings. The summed E-state index contributed by atoms with van der Waals surface area (Å²) >= 11 is 0. The van der Waals surface area contributed by atoms with Crippen molar-refractivity contribution < 1.29 is 4.74 Å². The van der Waals surface area contributed by atoms with Crippen LogP contribution in [0.2, 0.25) is 0 Å². The van der Waals surface area contributed by atoms with Crippen LogP contribution in [0.1, 0.15) is 6.42 Å². The third-order valence-corrected chi connectivity index (χ3v) is 2.94. The minimum atomic E-state index is 0.678. The van der Waals surface area contributed by atoms with Crippen molar-refractivity contribution >= 4 is 11.4 Å². The summed E-state index contributed by atoms with van der Waals surface area (Å²) in [6.07, 6.45) is 4.54. The number of methoxy groups -OCH3 is 1. The molecule has 0 aliphatic heterocycles. The van der Waals surface area contributed by atoms with Crippen molar-refractivity contribution in [3.05, 3.63) is 48.8 Å². The van der Waals surface area contributed by atoms with E-state index in [0.717, 1.165) is 30.1 Å². The normalized spacial score (nSPS) is 10.2. The predicted molar refractivity (Wildman–Crippen MR) is 77.9 cm³/mol. The number of nitrogens with two attached hydrogens (primary N) is 1. The van der Waals surface area contributed by atoms with Crippen LogP contribution in [0.4, 0.5) is 11.4 Å². The van der Waals surface area contributed by atoms with E-state index in [0.29, 0.717) is 6.54 Å². The molecule has 2 aromatic rings. The molecule has 0 aliphatic carbocycles. The van der Waals surface area contributed by atoms with Gasteiger partial charge in [-0.05, 0) is 49.4 Å². The quantitative estimate of drug-likeness (QED) is 0.864. The zero-order valence-corrected chi connectivity index (χ0v) is 11.1. The fourth-order valence-electron chi connectivity index (χ4n) is 1.94. The Labute approximate surface area is 113 Å². The van der Waals surface area contributed by atoms with Gasteiger partial charge in [-0.1, -0.05) is 0 Å². The molecule has 0 atom stereocenters. The van der Waals surface area contributed by atoms with Gasteiger partial charge in [0, 0.05) is 30.3 Å². The standard InChI is InChI=1S/C15H19N3O/c1-19-15-5-3-13(4-6-15)18(12-2-9-16)14-7-10-17-11-8-14/h3-8,10-11H,2,9,12,16H2,1H3. The Balaban J connectivity index is 2.26. The minimum absolute atomic E-state index is 0.678. The lowest BCUT2D eigenvalue weighted by Crippen LogP contribution is -2.20. The van der Waals surface area contributed by atoms with Crippen molar-refractivity contribution in [2.75, 3.05) is 25.1 Å². The van der Waals surface area contributed by atoms with E-state index in [4.69, 9.17) is 10.5 Å². The number of benzene rings is 1. The second-order valence-electron chi connectivity index (χ2n) is 4.20. The lowest BCUT2D eigenvalue weighted by Gasteiger charge is -2.24. The number of pyridine rings is 1. The first-order valence-electron chi connectivity index (χ1n) is 6.37. The Bertz CT molecular complexity index is 485. The first kappa shape index (κ1) is 13.4. The molecule has 2 N–H and O–H groups in total. The van der Waals surface area contributed by atoms with Gasteiger partial charge in [0.05, 0.1) is 7.11 Å². The maximum Gasteiger partial charge on any atom is 0.119 e.